The second-order valence-electron chi connectivity index (χ2n) is 6.75. The zero-order valence-electron chi connectivity index (χ0n) is 15.3. The summed E-state index contributed by atoms with van der Waals surface area (Å²) in [4.78, 5) is 40.0. The molecule has 3 aromatic rings. The highest BCUT2D eigenvalue weighted by molar-refractivity contribution is 6.13. The second-order valence-corrected chi connectivity index (χ2v) is 6.75. The van der Waals surface area contributed by atoms with E-state index in [1.54, 1.807) is 37.4 Å². The van der Waals surface area contributed by atoms with Crippen molar-refractivity contribution in [3.63, 3.8) is 0 Å². The Labute approximate surface area is 164 Å². The van der Waals surface area contributed by atoms with Crippen LogP contribution in [0, 0.1) is 5.92 Å². The van der Waals surface area contributed by atoms with Crippen LogP contribution in [-0.2, 0) is 4.79 Å². The number of H-pyrrole nitrogens is 1. The molecule has 0 spiro atoms. The van der Waals surface area contributed by atoms with E-state index in [0.29, 0.717) is 17.0 Å². The first-order valence-electron chi connectivity index (χ1n) is 8.85. The summed E-state index contributed by atoms with van der Waals surface area (Å²) >= 11 is 0. The molecule has 4 N–H and O–H groups in total. The fourth-order valence-electron chi connectivity index (χ4n) is 3.41. The van der Waals surface area contributed by atoms with Gasteiger partial charge in [-0.1, -0.05) is 12.1 Å². The molecule has 2 atom stereocenters. The molecule has 9 nitrogen and oxygen atoms in total. The molecule has 2 aromatic carbocycles. The molecule has 0 saturated heterocycles. The van der Waals surface area contributed by atoms with Crippen LogP contribution < -0.4 is 10.6 Å². The number of amides is 3. The number of nitrogens with one attached hydrogen (secondary N) is 3. The topological polar surface area (TPSA) is 137 Å². The molecular formula is C20H17N5O4. The maximum absolute atomic E-state index is 13.1. The molecule has 3 amide bonds. The lowest BCUT2D eigenvalue weighted by Crippen LogP contribution is -2.45. The number of hydrogen-bond acceptors (Lipinski definition) is 4. The first kappa shape index (κ1) is 18.4. The van der Waals surface area contributed by atoms with E-state index in [-0.39, 0.29) is 11.5 Å². The van der Waals surface area contributed by atoms with Crippen LogP contribution in [0.15, 0.2) is 53.7 Å². The van der Waals surface area contributed by atoms with Crippen LogP contribution in [0.25, 0.3) is 10.9 Å². The third-order valence-electron chi connectivity index (χ3n) is 4.85. The number of carboxylic acids is 1. The highest BCUT2D eigenvalue weighted by Gasteiger charge is 2.37. The van der Waals surface area contributed by atoms with Crippen LogP contribution in [0.1, 0.15) is 28.9 Å². The van der Waals surface area contributed by atoms with Gasteiger partial charge in [0.25, 0.3) is 0 Å². The molecule has 1 aliphatic heterocycles. The molecule has 1 aliphatic rings. The molecular weight excluding hydrogens is 374 g/mol. The summed E-state index contributed by atoms with van der Waals surface area (Å²) in [6.07, 6.45) is 1.66. The molecule has 0 radical (unpaired) electrons. The Morgan fingerprint density at radius 1 is 1.14 bits per heavy atom. The first-order chi connectivity index (χ1) is 13.9. The number of carbonyl (C=O) groups excluding carboxylic acids is 2. The van der Waals surface area contributed by atoms with Crippen molar-refractivity contribution in [2.75, 3.05) is 5.32 Å². The molecule has 4 rings (SSSR count). The molecule has 29 heavy (non-hydrogen) atoms. The minimum Gasteiger partial charge on any atom is -0.478 e. The van der Waals surface area contributed by atoms with Crippen molar-refractivity contribution < 1.29 is 19.5 Å². The molecule has 1 aromatic heterocycles. The van der Waals surface area contributed by atoms with Crippen molar-refractivity contribution in [1.82, 2.24) is 15.5 Å². The van der Waals surface area contributed by atoms with Gasteiger partial charge < -0.3 is 15.7 Å². The van der Waals surface area contributed by atoms with E-state index in [9.17, 15) is 14.4 Å². The van der Waals surface area contributed by atoms with Gasteiger partial charge in [-0.3, -0.25) is 9.89 Å². The molecule has 0 bridgehead atoms. The van der Waals surface area contributed by atoms with Gasteiger partial charge in [0.15, 0.2) is 0 Å². The Hall–Kier alpha value is -4.01. The van der Waals surface area contributed by atoms with Gasteiger partial charge in [-0.25, -0.2) is 14.6 Å². The third-order valence-corrected chi connectivity index (χ3v) is 4.85. The Morgan fingerprint density at radius 2 is 1.90 bits per heavy atom. The van der Waals surface area contributed by atoms with E-state index < -0.39 is 24.0 Å². The smallest absolute Gasteiger partial charge is 0.341 e. The molecule has 0 saturated carbocycles. The monoisotopic (exact) mass is 391 g/mol. The number of urea groups is 1. The summed E-state index contributed by atoms with van der Waals surface area (Å²) in [5.41, 5.74) is 2.55. The van der Waals surface area contributed by atoms with E-state index in [1.807, 2.05) is 6.07 Å². The van der Waals surface area contributed by atoms with E-state index in [1.165, 1.54) is 12.1 Å². The minimum atomic E-state index is -1.05. The molecule has 2 unspecified atom stereocenters. The number of aromatic amines is 1. The normalized spacial score (nSPS) is 18.8. The number of aromatic nitrogens is 2. The van der Waals surface area contributed by atoms with E-state index in [4.69, 9.17) is 5.11 Å². The molecule has 9 heteroatoms. The summed E-state index contributed by atoms with van der Waals surface area (Å²) < 4.78 is 0. The number of rotatable bonds is 4. The van der Waals surface area contributed by atoms with Gasteiger partial charge in [0.2, 0.25) is 5.91 Å². The lowest BCUT2D eigenvalue weighted by molar-refractivity contribution is -0.118. The van der Waals surface area contributed by atoms with E-state index >= 15 is 0 Å². The highest BCUT2D eigenvalue weighted by atomic mass is 16.4. The van der Waals surface area contributed by atoms with E-state index in [0.717, 1.165) is 10.9 Å². The average Bonchev–Trinajstić information content (AvgIpc) is 3.15. The molecule has 146 valence electrons. The SMILES string of the molecule is CC1=NC(=O)NC(c2ccc(C(=O)O)cc2)C1C(=O)Nc1ccc2[nH]ncc2c1. The van der Waals surface area contributed by atoms with Crippen molar-refractivity contribution in [3.05, 3.63) is 59.8 Å². The summed E-state index contributed by atoms with van der Waals surface area (Å²) in [5.74, 6) is -2.13. The summed E-state index contributed by atoms with van der Waals surface area (Å²) in [6, 6.07) is 10.2. The maximum Gasteiger partial charge on any atom is 0.341 e. The number of aromatic carboxylic acids is 1. The Morgan fingerprint density at radius 3 is 2.62 bits per heavy atom. The predicted molar refractivity (Wildman–Crippen MR) is 106 cm³/mol. The number of carboxylic acid groups (broad SMARTS) is 1. The van der Waals surface area contributed by atoms with Crippen molar-refractivity contribution >= 4 is 40.2 Å². The average molecular weight is 391 g/mol. The quantitative estimate of drug-likeness (QED) is 0.542. The Kier molecular flexibility index (Phi) is 4.55. The molecule has 0 aliphatic carbocycles. The van der Waals surface area contributed by atoms with Crippen LogP contribution in [0.5, 0.6) is 0 Å². The highest BCUT2D eigenvalue weighted by Crippen LogP contribution is 2.29. The summed E-state index contributed by atoms with van der Waals surface area (Å²) in [7, 11) is 0. The number of aliphatic imine (C=N–C) groups is 1. The van der Waals surface area contributed by atoms with Crippen LogP contribution in [0.4, 0.5) is 10.5 Å². The number of nitrogens with zero attached hydrogens (tertiary/aromatic N) is 2. The van der Waals surface area contributed by atoms with Gasteiger partial charge in [-0.15, -0.1) is 0 Å². The number of anilines is 1. The van der Waals surface area contributed by atoms with Gasteiger partial charge in [0, 0.05) is 16.8 Å². The summed E-state index contributed by atoms with van der Waals surface area (Å²) in [6.45, 7) is 1.63. The van der Waals surface area contributed by atoms with Crippen molar-refractivity contribution in [1.29, 1.82) is 0 Å². The number of hydrogen-bond donors (Lipinski definition) is 4. The van der Waals surface area contributed by atoms with Crippen LogP contribution in [-0.4, -0.2) is 38.9 Å². The van der Waals surface area contributed by atoms with Gasteiger partial charge >= 0.3 is 12.0 Å². The van der Waals surface area contributed by atoms with Gasteiger partial charge in [-0.2, -0.15) is 5.10 Å². The molecule has 2 heterocycles. The number of benzene rings is 2. The predicted octanol–water partition coefficient (Wildman–Crippen LogP) is 2.74. The maximum atomic E-state index is 13.1. The van der Waals surface area contributed by atoms with Crippen LogP contribution in [0.3, 0.4) is 0 Å². The standard InChI is InChI=1S/C20H17N5O4/c1-10-16(18(26)23-14-6-7-15-13(8-14)9-21-25-15)17(24-20(29)22-10)11-2-4-12(5-3-11)19(27)28/h2-9,16-17H,1H3,(H,21,25)(H,23,26)(H,24,29)(H,27,28). The van der Waals surface area contributed by atoms with Crippen molar-refractivity contribution in [2.45, 2.75) is 13.0 Å². The van der Waals surface area contributed by atoms with Gasteiger partial charge in [0.05, 0.1) is 23.3 Å². The fourth-order valence-corrected chi connectivity index (χ4v) is 3.41. The van der Waals surface area contributed by atoms with E-state index in [2.05, 4.69) is 25.8 Å². The van der Waals surface area contributed by atoms with Crippen LogP contribution in [0.2, 0.25) is 0 Å². The van der Waals surface area contributed by atoms with Crippen LogP contribution >= 0.6 is 0 Å². The minimum absolute atomic E-state index is 0.121. The summed E-state index contributed by atoms with van der Waals surface area (Å²) in [5, 5.41) is 22.3. The molecule has 0 fully saturated rings. The Bertz CT molecular complexity index is 1150. The number of fused-ring (bicyclic) bond motifs is 1. The van der Waals surface area contributed by atoms with Crippen molar-refractivity contribution in [2.24, 2.45) is 10.9 Å². The lowest BCUT2D eigenvalue weighted by Gasteiger charge is -2.30. The van der Waals surface area contributed by atoms with Gasteiger partial charge in [-0.05, 0) is 42.8 Å². The first-order valence-corrected chi connectivity index (χ1v) is 8.85. The zero-order valence-corrected chi connectivity index (χ0v) is 15.3. The Balaban J connectivity index is 1.63. The largest absolute Gasteiger partial charge is 0.478 e. The van der Waals surface area contributed by atoms with Crippen molar-refractivity contribution in [3.8, 4) is 0 Å². The van der Waals surface area contributed by atoms with Gasteiger partial charge in [0.1, 0.15) is 5.92 Å². The lowest BCUT2D eigenvalue weighted by atomic mass is 9.87. The fraction of sp³-hybridized carbons (Fsp3) is 0.150. The zero-order chi connectivity index (χ0) is 20.5. The number of carbonyl (C=O) groups is 3. The third kappa shape index (κ3) is 3.57. The second kappa shape index (κ2) is 7.19.